The van der Waals surface area contributed by atoms with E-state index in [9.17, 15) is 43.3 Å². The number of hydrogen-bond donors (Lipinski definition) is 5. The van der Waals surface area contributed by atoms with Crippen LogP contribution in [0, 0.1) is 17.7 Å². The Kier molecular flexibility index (Phi) is 25.2. The van der Waals surface area contributed by atoms with Crippen LogP contribution in [-0.2, 0) is 67.8 Å². The number of aliphatic hydroxyl groups excluding tert-OH is 2. The molecule has 2 aliphatic rings. The van der Waals surface area contributed by atoms with Gasteiger partial charge in [0, 0.05) is 31.7 Å². The van der Waals surface area contributed by atoms with E-state index >= 15 is 0 Å². The number of esters is 3. The molecule has 1 aromatic carbocycles. The highest BCUT2D eigenvalue weighted by Gasteiger charge is 2.51. The molecule has 0 radical (unpaired) electrons. The number of carbonyl (C=O) groups is 3. The molecule has 26 heteroatoms. The number of phosphoric ester groups is 1. The van der Waals surface area contributed by atoms with Crippen LogP contribution in [0.4, 0.5) is 10.2 Å². The average molecular weight is 1140 g/mol. The second-order valence-corrected chi connectivity index (χ2v) is 24.0. The molecule has 2 aliphatic heterocycles. The Bertz CT molecular complexity index is 2410. The van der Waals surface area contributed by atoms with Crippen LogP contribution in [0.2, 0.25) is 5.28 Å². The summed E-state index contributed by atoms with van der Waals surface area (Å²) in [5, 5.41) is 29.5. The predicted molar refractivity (Wildman–Crippen MR) is 278 cm³/mol. The largest absolute Gasteiger partial charge is 0.481 e. The van der Waals surface area contributed by atoms with Gasteiger partial charge in [0.25, 0.3) is 0 Å². The van der Waals surface area contributed by atoms with Crippen LogP contribution in [-0.4, -0.2) is 114 Å². The predicted octanol–water partition coefficient (Wildman–Crippen LogP) is 9.44. The van der Waals surface area contributed by atoms with Gasteiger partial charge in [0.05, 0.1) is 24.2 Å². The Morgan fingerprint density at radius 2 is 1.51 bits per heavy atom. The van der Waals surface area contributed by atoms with Gasteiger partial charge >= 0.3 is 32.4 Å². The molecule has 2 fully saturated rings. The van der Waals surface area contributed by atoms with Crippen LogP contribution in [0.1, 0.15) is 162 Å². The van der Waals surface area contributed by atoms with Gasteiger partial charge in [-0.25, -0.2) is 17.9 Å². The minimum absolute atomic E-state index is 0.0544. The minimum Gasteiger partial charge on any atom is -0.462 e. The Morgan fingerprint density at radius 1 is 0.893 bits per heavy atom. The lowest BCUT2D eigenvalue weighted by atomic mass is 9.81. The Balaban J connectivity index is 1.14. The van der Waals surface area contributed by atoms with Gasteiger partial charge in [-0.15, -0.1) is 0 Å². The van der Waals surface area contributed by atoms with Crippen LogP contribution in [0.5, 0.6) is 0 Å². The molecule has 5 rings (SSSR count). The lowest BCUT2D eigenvalue weighted by molar-refractivity contribution is -0.270. The molecule has 75 heavy (non-hydrogen) atoms. The van der Waals surface area contributed by atoms with Gasteiger partial charge in [0.2, 0.25) is 11.6 Å². The van der Waals surface area contributed by atoms with Crippen LogP contribution in [0.25, 0.3) is 11.0 Å². The third-order valence-electron chi connectivity index (χ3n) is 13.4. The number of nitrogens with zero attached hydrogens (tertiary/aromatic N) is 4. The van der Waals surface area contributed by atoms with E-state index in [4.69, 9.17) is 60.5 Å². The van der Waals surface area contributed by atoms with Gasteiger partial charge in [-0.3, -0.25) is 18.9 Å². The number of ether oxygens (including phenoxy) is 5. The second-order valence-electron chi connectivity index (χ2n) is 19.3. The van der Waals surface area contributed by atoms with Crippen molar-refractivity contribution in [2.24, 2.45) is 11.8 Å². The molecule has 2 aromatic heterocycles. The van der Waals surface area contributed by atoms with Crippen molar-refractivity contribution in [3.8, 4) is 0 Å². The van der Waals surface area contributed by atoms with Gasteiger partial charge < -0.3 is 53.5 Å². The lowest BCUT2D eigenvalue weighted by Crippen LogP contribution is -2.56. The van der Waals surface area contributed by atoms with E-state index in [-0.39, 0.29) is 23.2 Å². The number of unbranched alkanes of at least 4 members (excludes halogenated alkanes) is 14. The number of benzene rings is 1. The Labute approximate surface area is 448 Å². The normalized spacial score (nSPS) is 25.3. The number of halogens is 2. The number of nitrogens with one attached hydrogen (secondary N) is 1. The molecule has 422 valence electrons. The Morgan fingerprint density at radius 3 is 2.11 bits per heavy atom. The monoisotopic (exact) mass is 1140 g/mol. The average Bonchev–Trinajstić information content (AvgIpc) is 3.88. The van der Waals surface area contributed by atoms with Crippen LogP contribution in [0.3, 0.4) is 0 Å². The third-order valence-corrected chi connectivity index (χ3v) is 17.1. The fourth-order valence-electron chi connectivity index (χ4n) is 9.21. The summed E-state index contributed by atoms with van der Waals surface area (Å²) in [6.45, 7) is 3.47. The summed E-state index contributed by atoms with van der Waals surface area (Å²) < 4.78 is 73.4. The van der Waals surface area contributed by atoms with E-state index < -0.39 is 118 Å². The highest BCUT2D eigenvalue weighted by molar-refractivity contribution is 8.08. The number of aliphatic hydroxyl groups is 2. The fraction of sp³-hybridized carbons (Fsp3) is 0.714. The van der Waals surface area contributed by atoms with E-state index in [0.717, 1.165) is 44.2 Å². The van der Waals surface area contributed by atoms with Crippen molar-refractivity contribution in [1.82, 2.24) is 19.7 Å². The molecule has 2 saturated heterocycles. The maximum Gasteiger partial charge on any atom is 0.481 e. The molecule has 4 heterocycles. The summed E-state index contributed by atoms with van der Waals surface area (Å²) in [6, 6.07) is 5.57. The van der Waals surface area contributed by atoms with Crippen molar-refractivity contribution in [2.75, 3.05) is 18.5 Å². The molecule has 0 bridgehead atoms. The van der Waals surface area contributed by atoms with E-state index in [2.05, 4.69) is 27.3 Å². The molecule has 0 spiro atoms. The van der Waals surface area contributed by atoms with Crippen molar-refractivity contribution in [2.45, 2.75) is 199 Å². The first-order valence-electron chi connectivity index (χ1n) is 25.9. The quantitative estimate of drug-likeness (QED) is 0.0128. The van der Waals surface area contributed by atoms with Crippen molar-refractivity contribution < 1.29 is 80.4 Å². The molecule has 5 N–H and O–H groups in total. The highest BCUT2D eigenvalue weighted by Crippen LogP contribution is 2.62. The summed E-state index contributed by atoms with van der Waals surface area (Å²) in [7, 11) is -5.53. The summed E-state index contributed by atoms with van der Waals surface area (Å²) in [5.41, 5.74) is 0.400. The van der Waals surface area contributed by atoms with Crippen molar-refractivity contribution in [1.29, 1.82) is 0 Å². The first-order valence-corrected chi connectivity index (χ1v) is 30.4. The number of phosphoric acid groups is 1. The van der Waals surface area contributed by atoms with Gasteiger partial charge in [-0.1, -0.05) is 129 Å². The Hall–Kier alpha value is -3.28. The van der Waals surface area contributed by atoms with Crippen molar-refractivity contribution >= 4 is 72.7 Å². The third kappa shape index (κ3) is 19.2. The number of hydrogen-bond acceptors (Lipinski definition) is 19. The van der Waals surface area contributed by atoms with Crippen molar-refractivity contribution in [3.63, 3.8) is 0 Å². The molecule has 3 aromatic rings. The first-order chi connectivity index (χ1) is 35.6. The van der Waals surface area contributed by atoms with Crippen LogP contribution in [0.15, 0.2) is 30.5 Å². The molecule has 13 atom stereocenters. The van der Waals surface area contributed by atoms with E-state index in [1.807, 2.05) is 0 Å². The summed E-state index contributed by atoms with van der Waals surface area (Å²) in [4.78, 5) is 67.9. The van der Waals surface area contributed by atoms with Gasteiger partial charge in [0.1, 0.15) is 42.7 Å². The van der Waals surface area contributed by atoms with Crippen LogP contribution >= 0.6 is 26.1 Å². The van der Waals surface area contributed by atoms with Crippen LogP contribution < -0.4 is 5.32 Å². The van der Waals surface area contributed by atoms with E-state index in [1.54, 1.807) is 39.0 Å². The highest BCUT2D eigenvalue weighted by atomic mass is 35.5. The summed E-state index contributed by atoms with van der Waals surface area (Å²) in [6.07, 6.45) is 7.17. The number of anilines is 1. The van der Waals surface area contributed by atoms with E-state index in [0.29, 0.717) is 17.4 Å². The van der Waals surface area contributed by atoms with Crippen molar-refractivity contribution in [3.05, 3.63) is 47.1 Å². The zero-order valence-corrected chi connectivity index (χ0v) is 46.9. The van der Waals surface area contributed by atoms with Gasteiger partial charge in [-0.05, 0) is 48.7 Å². The van der Waals surface area contributed by atoms with Gasteiger partial charge in [0.15, 0.2) is 24.1 Å². The fourth-order valence-corrected chi connectivity index (χ4v) is 12.5. The zero-order chi connectivity index (χ0) is 54.9. The molecule has 0 amide bonds. The number of rotatable bonds is 32. The second kappa shape index (κ2) is 30.2. The molecule has 21 nitrogen and oxygen atoms in total. The minimum atomic E-state index is -5.53. The standard InChI is InChI=1S/C49H75ClFN5O16P2S/c1-7-8-9-10-11-12-13-14-15-16-17-18-19-20-21-26-40(59)65-28-39(67-33(5)57)43-30(2)31(3)44(68-34(6)58)48(70-43)71-73(62,63)72-74(64,75)66-29-38-41(60)42(61)47(69-38)56-46-36(27-52-56)45(54-49(50)55-46)53-32(4)35-24-22-23-25-37(35)51/h22-25,27,30-32,38-39,41-44,47-48,60-61H,7-21,26,28-29H2,1-6H3,(H,62,63)(H,64,75)(H,53,54,55)/t30-,31?,32?,38+,39+,41-,42?,43?,44+,47+,48-,74?/m0/s1. The molecule has 6 unspecified atom stereocenters. The molecular weight excluding hydrogens is 1060 g/mol. The smallest absolute Gasteiger partial charge is 0.462 e. The topological polar surface area (TPSA) is 279 Å². The number of carbonyl (C=O) groups excluding carboxylic acids is 3. The number of fused-ring (bicyclic) bond motifs is 1. The summed E-state index contributed by atoms with van der Waals surface area (Å²) in [5.74, 6) is -3.64. The summed E-state index contributed by atoms with van der Waals surface area (Å²) >= 11 is 11.3. The maximum atomic E-state index is 14.6. The van der Waals surface area contributed by atoms with Gasteiger partial charge in [-0.2, -0.15) is 15.1 Å². The lowest BCUT2D eigenvalue weighted by Gasteiger charge is -2.45. The molecule has 0 saturated carbocycles. The molecule has 0 aliphatic carbocycles. The van der Waals surface area contributed by atoms with E-state index in [1.165, 1.54) is 76.5 Å². The number of aromatic nitrogens is 4. The maximum absolute atomic E-state index is 14.6. The molecular formula is C49H75ClFN5O16P2S. The first kappa shape index (κ1) is 62.6. The zero-order valence-electron chi connectivity index (χ0n) is 43.5. The SMILES string of the molecule is CCCCCCCCCCCCCCCCCC(=O)OC[C@@H](OC(C)=O)C1O[C@@H](OP(=O)(O)OP(O)(=S)OC[C@H]2O[C@@H](n3ncc4c(NC(C)c5ccccc5F)nc(Cl)nc43)C(O)[C@H]2O)[C@H](OC(C)=O)C(C)[C@@H]1C.